The van der Waals surface area contributed by atoms with E-state index in [9.17, 15) is 9.59 Å². The predicted octanol–water partition coefficient (Wildman–Crippen LogP) is 3.56. The fourth-order valence-corrected chi connectivity index (χ4v) is 2.56. The minimum atomic E-state index is -0.838. The van der Waals surface area contributed by atoms with E-state index in [1.165, 1.54) is 6.21 Å². The summed E-state index contributed by atoms with van der Waals surface area (Å²) in [6, 6.07) is 10.5. The van der Waals surface area contributed by atoms with E-state index >= 15 is 0 Å². The van der Waals surface area contributed by atoms with Crippen molar-refractivity contribution in [3.8, 4) is 11.5 Å². The molecule has 2 aromatic carbocycles. The number of hydrazone groups is 1. The highest BCUT2D eigenvalue weighted by atomic mass is 35.5. The number of carbonyl (C=O) groups is 2. The number of nitrogens with one attached hydrogen (secondary N) is 2. The van der Waals surface area contributed by atoms with Crippen LogP contribution in [0.4, 0.5) is 0 Å². The highest BCUT2D eigenvalue weighted by Gasteiger charge is 2.11. The van der Waals surface area contributed by atoms with Crippen LogP contribution in [0.25, 0.3) is 0 Å². The molecule has 0 unspecified atom stereocenters. The van der Waals surface area contributed by atoms with E-state index in [1.807, 2.05) is 13.0 Å². The fraction of sp³-hybridized carbons (Fsp3) is 0.250. The average Bonchev–Trinajstić information content (AvgIpc) is 2.70. The van der Waals surface area contributed by atoms with Gasteiger partial charge in [-0.3, -0.25) is 9.59 Å². The first-order chi connectivity index (χ1) is 13.9. The van der Waals surface area contributed by atoms with Crippen molar-refractivity contribution in [2.45, 2.75) is 20.5 Å². The van der Waals surface area contributed by atoms with Crippen LogP contribution in [0.3, 0.4) is 0 Å². The van der Waals surface area contributed by atoms with Crippen LogP contribution < -0.4 is 20.2 Å². The summed E-state index contributed by atoms with van der Waals surface area (Å²) < 4.78 is 11.5. The van der Waals surface area contributed by atoms with Gasteiger partial charge in [0.25, 0.3) is 0 Å². The first-order valence-corrected chi connectivity index (χ1v) is 9.65. The molecule has 7 nitrogen and oxygen atoms in total. The van der Waals surface area contributed by atoms with Crippen molar-refractivity contribution in [2.24, 2.45) is 5.10 Å². The number of amides is 2. The molecule has 0 saturated heterocycles. The van der Waals surface area contributed by atoms with E-state index in [4.69, 9.17) is 32.7 Å². The lowest BCUT2D eigenvalue weighted by Gasteiger charge is -2.13. The Morgan fingerprint density at radius 3 is 2.48 bits per heavy atom. The van der Waals surface area contributed by atoms with Gasteiger partial charge in [0.1, 0.15) is 6.61 Å². The zero-order chi connectivity index (χ0) is 21.2. The summed E-state index contributed by atoms with van der Waals surface area (Å²) in [6.07, 6.45) is 1.41. The zero-order valence-corrected chi connectivity index (χ0v) is 17.5. The summed E-state index contributed by atoms with van der Waals surface area (Å²) in [5, 5.41) is 7.10. The number of ether oxygens (including phenoxy) is 2. The third-order valence-corrected chi connectivity index (χ3v) is 4.31. The van der Waals surface area contributed by atoms with Gasteiger partial charge in [-0.05, 0) is 55.3 Å². The molecular weight excluding hydrogens is 417 g/mol. The second-order valence-electron chi connectivity index (χ2n) is 5.73. The van der Waals surface area contributed by atoms with E-state index in [1.54, 1.807) is 37.3 Å². The molecule has 0 atom stereocenters. The molecule has 0 aliphatic carbocycles. The molecule has 29 heavy (non-hydrogen) atoms. The first-order valence-electron chi connectivity index (χ1n) is 8.89. The average molecular weight is 438 g/mol. The summed E-state index contributed by atoms with van der Waals surface area (Å²) in [4.78, 5) is 22.9. The lowest BCUT2D eigenvalue weighted by molar-refractivity contribution is -0.139. The normalized spacial score (nSPS) is 10.6. The maximum Gasteiger partial charge on any atom is 0.329 e. The number of nitrogens with zero attached hydrogens (tertiary/aromatic N) is 1. The smallest absolute Gasteiger partial charge is 0.329 e. The molecule has 0 heterocycles. The molecule has 154 valence electrons. The van der Waals surface area contributed by atoms with Crippen LogP contribution in [0.1, 0.15) is 25.0 Å². The van der Waals surface area contributed by atoms with Gasteiger partial charge < -0.3 is 14.8 Å². The van der Waals surface area contributed by atoms with Crippen molar-refractivity contribution >= 4 is 41.2 Å². The van der Waals surface area contributed by atoms with Crippen LogP contribution in [0.5, 0.6) is 11.5 Å². The van der Waals surface area contributed by atoms with Crippen molar-refractivity contribution in [1.29, 1.82) is 0 Å². The van der Waals surface area contributed by atoms with Crippen LogP contribution in [-0.2, 0) is 16.2 Å². The second-order valence-corrected chi connectivity index (χ2v) is 6.55. The van der Waals surface area contributed by atoms with E-state index in [0.717, 1.165) is 5.56 Å². The maximum absolute atomic E-state index is 11.5. The van der Waals surface area contributed by atoms with Crippen molar-refractivity contribution in [3.05, 3.63) is 57.6 Å². The lowest BCUT2D eigenvalue weighted by atomic mass is 10.2. The topological polar surface area (TPSA) is 89.0 Å². The van der Waals surface area contributed by atoms with E-state index < -0.39 is 11.8 Å². The van der Waals surface area contributed by atoms with Crippen LogP contribution >= 0.6 is 23.2 Å². The largest absolute Gasteiger partial charge is 0.490 e. The molecule has 0 saturated carbocycles. The molecule has 9 heteroatoms. The highest BCUT2D eigenvalue weighted by molar-refractivity contribution is 6.42. The number of rotatable bonds is 8. The molecule has 0 fully saturated rings. The second kappa shape index (κ2) is 11.3. The van der Waals surface area contributed by atoms with Gasteiger partial charge in [0.15, 0.2) is 11.5 Å². The van der Waals surface area contributed by atoms with Crippen LogP contribution in [0.2, 0.25) is 10.0 Å². The summed E-state index contributed by atoms with van der Waals surface area (Å²) in [7, 11) is 0. The minimum absolute atomic E-state index is 0.285. The number of benzene rings is 2. The number of carbonyl (C=O) groups excluding carboxylic acids is 2. The zero-order valence-electron chi connectivity index (χ0n) is 16.0. The Kier molecular flexibility index (Phi) is 8.76. The third kappa shape index (κ3) is 6.96. The highest BCUT2D eigenvalue weighted by Crippen LogP contribution is 2.29. The molecule has 0 spiro atoms. The fourth-order valence-electron chi connectivity index (χ4n) is 2.24. The number of halogens is 2. The number of hydrogen-bond donors (Lipinski definition) is 2. The van der Waals surface area contributed by atoms with E-state index in [0.29, 0.717) is 40.3 Å². The Morgan fingerprint density at radius 1 is 1.00 bits per heavy atom. The van der Waals surface area contributed by atoms with Crippen molar-refractivity contribution in [1.82, 2.24) is 10.7 Å². The summed E-state index contributed by atoms with van der Waals surface area (Å²) >= 11 is 11.9. The molecule has 2 N–H and O–H groups in total. The van der Waals surface area contributed by atoms with E-state index in [2.05, 4.69) is 15.8 Å². The number of hydrogen-bond acceptors (Lipinski definition) is 5. The van der Waals surface area contributed by atoms with Gasteiger partial charge in [0.05, 0.1) is 22.9 Å². The van der Waals surface area contributed by atoms with Crippen LogP contribution in [-0.4, -0.2) is 31.2 Å². The van der Waals surface area contributed by atoms with Gasteiger partial charge in [-0.1, -0.05) is 29.3 Å². The molecule has 2 rings (SSSR count). The molecule has 0 radical (unpaired) electrons. The lowest BCUT2D eigenvalue weighted by Crippen LogP contribution is -2.37. The molecule has 0 aliphatic rings. The quantitative estimate of drug-likeness (QED) is 0.375. The summed E-state index contributed by atoms with van der Waals surface area (Å²) in [5.74, 6) is -0.520. The molecule has 0 bridgehead atoms. The molecule has 2 aromatic rings. The molecule has 0 aliphatic heterocycles. The summed E-state index contributed by atoms with van der Waals surface area (Å²) in [6.45, 7) is 4.66. The Hall–Kier alpha value is -2.77. The predicted molar refractivity (Wildman–Crippen MR) is 113 cm³/mol. The van der Waals surface area contributed by atoms with Gasteiger partial charge in [0.2, 0.25) is 0 Å². The number of likely N-dealkylation sites (N-methyl/N-ethyl adjacent to an activating group) is 1. The maximum atomic E-state index is 11.5. The van der Waals surface area contributed by atoms with Gasteiger partial charge in [0, 0.05) is 6.54 Å². The summed E-state index contributed by atoms with van der Waals surface area (Å²) in [5.41, 5.74) is 3.68. The van der Waals surface area contributed by atoms with Gasteiger partial charge in [-0.15, -0.1) is 0 Å². The van der Waals surface area contributed by atoms with Crippen LogP contribution in [0, 0.1) is 0 Å². The van der Waals surface area contributed by atoms with Crippen molar-refractivity contribution in [2.75, 3.05) is 13.2 Å². The first kappa shape index (κ1) is 22.5. The molecule has 0 aromatic heterocycles. The molecule has 2 amide bonds. The van der Waals surface area contributed by atoms with E-state index in [-0.39, 0.29) is 6.61 Å². The van der Waals surface area contributed by atoms with Crippen molar-refractivity contribution < 1.29 is 19.1 Å². The SMILES string of the molecule is CCNC(=O)C(=O)N/N=C\c1ccc(OCc2ccc(Cl)c(Cl)c2)c(OCC)c1. The molecular formula is C20H21Cl2N3O4. The van der Waals surface area contributed by atoms with Crippen LogP contribution in [0.15, 0.2) is 41.5 Å². The Morgan fingerprint density at radius 2 is 1.79 bits per heavy atom. The van der Waals surface area contributed by atoms with Gasteiger partial charge >= 0.3 is 11.8 Å². The minimum Gasteiger partial charge on any atom is -0.490 e. The Labute approximate surface area is 179 Å². The monoisotopic (exact) mass is 437 g/mol. The Bertz CT molecular complexity index is 903. The van der Waals surface area contributed by atoms with Crippen molar-refractivity contribution in [3.63, 3.8) is 0 Å². The Balaban J connectivity index is 2.05. The van der Waals surface area contributed by atoms with Gasteiger partial charge in [-0.25, -0.2) is 5.43 Å². The van der Waals surface area contributed by atoms with Gasteiger partial charge in [-0.2, -0.15) is 5.10 Å². The standard InChI is InChI=1S/C20H21Cl2N3O4/c1-3-23-19(26)20(27)25-24-11-13-6-8-17(18(10-13)28-4-2)29-12-14-5-7-15(21)16(22)9-14/h5-11H,3-4,12H2,1-2H3,(H,23,26)(H,25,27)/b24-11-. The third-order valence-electron chi connectivity index (χ3n) is 3.57.